The maximum atomic E-state index is 12.1. The van der Waals surface area contributed by atoms with E-state index in [-0.39, 0.29) is 6.42 Å². The number of carboxylic acid groups (broad SMARTS) is 2. The second kappa shape index (κ2) is 12.2. The highest BCUT2D eigenvalue weighted by molar-refractivity contribution is 5.93. The summed E-state index contributed by atoms with van der Waals surface area (Å²) in [6, 6.07) is -4.30. The highest BCUT2D eigenvalue weighted by atomic mass is 16.4. The van der Waals surface area contributed by atoms with E-state index in [0.29, 0.717) is 0 Å². The lowest BCUT2D eigenvalue weighted by Crippen LogP contribution is -2.54. The van der Waals surface area contributed by atoms with Crippen molar-refractivity contribution in [3.63, 3.8) is 0 Å². The van der Waals surface area contributed by atoms with Crippen LogP contribution in [0.4, 0.5) is 0 Å². The molecule has 0 aromatic rings. The first-order valence-corrected chi connectivity index (χ1v) is 7.94. The Hall–Kier alpha value is -3.26. The van der Waals surface area contributed by atoms with Gasteiger partial charge >= 0.3 is 11.9 Å². The molecule has 14 nitrogen and oxygen atoms in total. The van der Waals surface area contributed by atoms with Gasteiger partial charge in [0.1, 0.15) is 18.1 Å². The molecule has 14 heteroatoms. The zero-order chi connectivity index (χ0) is 21.9. The first-order valence-electron chi connectivity index (χ1n) is 7.94. The fourth-order valence-corrected chi connectivity index (χ4v) is 1.84. The molecule has 0 fully saturated rings. The molecule has 3 atom stereocenters. The van der Waals surface area contributed by atoms with Gasteiger partial charge < -0.3 is 42.7 Å². The smallest absolute Gasteiger partial charge is 0.326 e. The second-order valence-corrected chi connectivity index (χ2v) is 5.63. The Morgan fingerprint density at radius 2 is 1.54 bits per heavy atom. The normalized spacial score (nSPS) is 13.5. The number of amides is 4. The van der Waals surface area contributed by atoms with Crippen molar-refractivity contribution in [3.05, 3.63) is 0 Å². The van der Waals surface area contributed by atoms with Crippen molar-refractivity contribution >= 4 is 35.6 Å². The standard InChI is InChI=1S/C14H23N5O9/c15-6(5-20)12(25)19-7(1-2-11(23)24)13(26)17-4-10(22)18-8(14(27)28)3-9(16)21/h6-8,20H,1-5,15H2,(H2,16,21)(H,17,26)(H,18,22)(H,19,25)(H,23,24)(H,27,28). The fourth-order valence-electron chi connectivity index (χ4n) is 1.84. The lowest BCUT2D eigenvalue weighted by Gasteiger charge is -2.20. The van der Waals surface area contributed by atoms with Crippen molar-refractivity contribution in [2.75, 3.05) is 13.2 Å². The maximum absolute atomic E-state index is 12.1. The van der Waals surface area contributed by atoms with Crippen LogP contribution in [0, 0.1) is 0 Å². The lowest BCUT2D eigenvalue weighted by atomic mass is 10.1. The van der Waals surface area contributed by atoms with E-state index in [1.807, 2.05) is 5.32 Å². The average molecular weight is 405 g/mol. The van der Waals surface area contributed by atoms with Crippen LogP contribution in [0.3, 0.4) is 0 Å². The molecule has 0 aliphatic carbocycles. The molecule has 4 amide bonds. The number of aliphatic hydroxyl groups is 1. The Balaban J connectivity index is 4.84. The van der Waals surface area contributed by atoms with E-state index >= 15 is 0 Å². The molecule has 0 aromatic heterocycles. The number of aliphatic carboxylic acids is 2. The number of hydrogen-bond donors (Lipinski definition) is 8. The van der Waals surface area contributed by atoms with Crippen molar-refractivity contribution in [2.45, 2.75) is 37.4 Å². The van der Waals surface area contributed by atoms with Crippen LogP contribution in [-0.4, -0.2) is 82.2 Å². The Morgan fingerprint density at radius 1 is 0.929 bits per heavy atom. The van der Waals surface area contributed by atoms with Gasteiger partial charge in [-0.2, -0.15) is 0 Å². The Morgan fingerprint density at radius 3 is 2.00 bits per heavy atom. The molecule has 0 radical (unpaired) electrons. The van der Waals surface area contributed by atoms with E-state index in [0.717, 1.165) is 0 Å². The van der Waals surface area contributed by atoms with Crippen LogP contribution < -0.4 is 27.4 Å². The van der Waals surface area contributed by atoms with Gasteiger partial charge in [0, 0.05) is 6.42 Å². The zero-order valence-corrected chi connectivity index (χ0v) is 14.7. The highest BCUT2D eigenvalue weighted by Gasteiger charge is 2.26. The molecule has 3 unspecified atom stereocenters. The number of carboxylic acids is 2. The van der Waals surface area contributed by atoms with Crippen LogP contribution in [0.2, 0.25) is 0 Å². The Labute approximate surface area is 158 Å². The maximum Gasteiger partial charge on any atom is 0.326 e. The third kappa shape index (κ3) is 10.0. The number of hydrogen-bond acceptors (Lipinski definition) is 8. The van der Waals surface area contributed by atoms with Crippen molar-refractivity contribution in [1.29, 1.82) is 0 Å². The Kier molecular flexibility index (Phi) is 10.8. The summed E-state index contributed by atoms with van der Waals surface area (Å²) in [6.07, 6.45) is -1.48. The summed E-state index contributed by atoms with van der Waals surface area (Å²) in [7, 11) is 0. The Bertz CT molecular complexity index is 624. The quantitative estimate of drug-likeness (QED) is 0.145. The number of rotatable bonds is 13. The van der Waals surface area contributed by atoms with Gasteiger partial charge in [0.25, 0.3) is 0 Å². The summed E-state index contributed by atoms with van der Waals surface area (Å²) in [5, 5.41) is 32.6. The van der Waals surface area contributed by atoms with E-state index in [2.05, 4.69) is 10.6 Å². The minimum atomic E-state index is -1.59. The third-order valence-electron chi connectivity index (χ3n) is 3.28. The van der Waals surface area contributed by atoms with Crippen LogP contribution in [0.5, 0.6) is 0 Å². The van der Waals surface area contributed by atoms with Gasteiger partial charge in [-0.3, -0.25) is 24.0 Å². The van der Waals surface area contributed by atoms with Crippen LogP contribution in [-0.2, 0) is 28.8 Å². The van der Waals surface area contributed by atoms with Crippen LogP contribution >= 0.6 is 0 Å². The first kappa shape index (κ1) is 24.7. The number of primary amides is 1. The molecule has 0 rings (SSSR count). The number of aliphatic hydroxyl groups excluding tert-OH is 1. The van der Waals surface area contributed by atoms with Gasteiger partial charge in [-0.05, 0) is 6.42 Å². The average Bonchev–Trinajstić information content (AvgIpc) is 2.60. The minimum absolute atomic E-state index is 0.327. The molecular formula is C14H23N5O9. The first-order chi connectivity index (χ1) is 13.0. The molecule has 28 heavy (non-hydrogen) atoms. The summed E-state index contributed by atoms with van der Waals surface area (Å²) in [6.45, 7) is -1.43. The predicted molar refractivity (Wildman–Crippen MR) is 90.2 cm³/mol. The van der Waals surface area contributed by atoms with E-state index in [9.17, 15) is 28.8 Å². The van der Waals surface area contributed by atoms with Gasteiger partial charge in [-0.1, -0.05) is 0 Å². The monoisotopic (exact) mass is 405 g/mol. The van der Waals surface area contributed by atoms with Crippen LogP contribution in [0.15, 0.2) is 0 Å². The van der Waals surface area contributed by atoms with Crippen molar-refractivity contribution in [2.24, 2.45) is 11.5 Å². The molecular weight excluding hydrogens is 382 g/mol. The molecule has 0 aliphatic rings. The van der Waals surface area contributed by atoms with E-state index in [1.165, 1.54) is 0 Å². The number of nitrogens with one attached hydrogen (secondary N) is 3. The topological polar surface area (TPSA) is 251 Å². The summed E-state index contributed by atoms with van der Waals surface area (Å²) in [5.74, 6) is -6.53. The largest absolute Gasteiger partial charge is 0.481 e. The molecule has 0 aliphatic heterocycles. The van der Waals surface area contributed by atoms with Crippen LogP contribution in [0.25, 0.3) is 0 Å². The summed E-state index contributed by atoms with van der Waals surface area (Å²) in [4.78, 5) is 67.9. The van der Waals surface area contributed by atoms with Crippen molar-refractivity contribution in [1.82, 2.24) is 16.0 Å². The molecule has 0 saturated heterocycles. The summed E-state index contributed by atoms with van der Waals surface area (Å²) >= 11 is 0. The number of carbonyl (C=O) groups excluding carboxylic acids is 4. The fraction of sp³-hybridized carbons (Fsp3) is 0.571. The van der Waals surface area contributed by atoms with Gasteiger partial charge in [0.15, 0.2) is 0 Å². The lowest BCUT2D eigenvalue weighted by molar-refractivity contribution is -0.143. The van der Waals surface area contributed by atoms with Gasteiger partial charge in [0.05, 0.1) is 19.6 Å². The van der Waals surface area contributed by atoms with Gasteiger partial charge in [-0.15, -0.1) is 0 Å². The zero-order valence-electron chi connectivity index (χ0n) is 14.7. The van der Waals surface area contributed by atoms with Crippen molar-refractivity contribution < 1.29 is 44.1 Å². The predicted octanol–water partition coefficient (Wildman–Crippen LogP) is -4.78. The molecule has 0 aromatic carbocycles. The summed E-state index contributed by atoms with van der Waals surface area (Å²) in [5.41, 5.74) is 10.2. The van der Waals surface area contributed by atoms with Gasteiger partial charge in [0.2, 0.25) is 23.6 Å². The molecule has 158 valence electrons. The highest BCUT2D eigenvalue weighted by Crippen LogP contribution is 1.99. The minimum Gasteiger partial charge on any atom is -0.481 e. The summed E-state index contributed by atoms with van der Waals surface area (Å²) < 4.78 is 0. The van der Waals surface area contributed by atoms with E-state index < -0.39 is 79.7 Å². The molecule has 0 saturated carbocycles. The molecule has 0 bridgehead atoms. The number of carbonyl (C=O) groups is 6. The molecule has 0 spiro atoms. The third-order valence-corrected chi connectivity index (χ3v) is 3.28. The number of nitrogens with two attached hydrogens (primary N) is 2. The second-order valence-electron chi connectivity index (χ2n) is 5.63. The molecule has 10 N–H and O–H groups in total. The van der Waals surface area contributed by atoms with Gasteiger partial charge in [-0.25, -0.2) is 4.79 Å². The molecule has 0 heterocycles. The SMILES string of the molecule is NC(=O)CC(NC(=O)CNC(=O)C(CCC(=O)O)NC(=O)C(N)CO)C(=O)O. The van der Waals surface area contributed by atoms with E-state index in [4.69, 9.17) is 26.8 Å². The van der Waals surface area contributed by atoms with Crippen LogP contribution in [0.1, 0.15) is 19.3 Å². The van der Waals surface area contributed by atoms with Crippen molar-refractivity contribution in [3.8, 4) is 0 Å². The van der Waals surface area contributed by atoms with E-state index in [1.54, 1.807) is 0 Å².